The number of carbonyl (C=O) groups is 2. The van der Waals surface area contributed by atoms with E-state index in [1.165, 1.54) is 13.8 Å². The van der Waals surface area contributed by atoms with Crippen molar-refractivity contribution in [2.75, 3.05) is 6.54 Å². The van der Waals surface area contributed by atoms with Gasteiger partial charge >= 0.3 is 0 Å². The molecule has 4 nitrogen and oxygen atoms in total. The SMILES string of the molecule is CC(=O)NCCC=Cc1ccc(C(C)=O)cn1. The van der Waals surface area contributed by atoms with Crippen LogP contribution in [0, 0.1) is 0 Å². The highest BCUT2D eigenvalue weighted by Gasteiger charge is 1.97. The number of ketones is 1. The molecule has 1 N–H and O–H groups in total. The van der Waals surface area contributed by atoms with Gasteiger partial charge in [-0.05, 0) is 31.6 Å². The van der Waals surface area contributed by atoms with Crippen LogP contribution in [0.5, 0.6) is 0 Å². The number of nitrogens with one attached hydrogen (secondary N) is 1. The standard InChI is InChI=1S/C13H16N2O2/c1-10(16)12-6-7-13(15-9-12)5-3-4-8-14-11(2)17/h3,5-7,9H,4,8H2,1-2H3,(H,14,17). The summed E-state index contributed by atoms with van der Waals surface area (Å²) >= 11 is 0. The van der Waals surface area contributed by atoms with Gasteiger partial charge in [0.05, 0.1) is 5.69 Å². The molecule has 0 fully saturated rings. The summed E-state index contributed by atoms with van der Waals surface area (Å²) in [5, 5.41) is 2.70. The van der Waals surface area contributed by atoms with Gasteiger partial charge in [-0.25, -0.2) is 0 Å². The summed E-state index contributed by atoms with van der Waals surface area (Å²) in [5.74, 6) is -0.0129. The van der Waals surface area contributed by atoms with E-state index >= 15 is 0 Å². The smallest absolute Gasteiger partial charge is 0.216 e. The van der Waals surface area contributed by atoms with Gasteiger partial charge in [0.15, 0.2) is 5.78 Å². The maximum absolute atomic E-state index is 11.0. The zero-order chi connectivity index (χ0) is 12.7. The minimum absolute atomic E-state index is 0.0127. The van der Waals surface area contributed by atoms with E-state index in [9.17, 15) is 9.59 Å². The quantitative estimate of drug-likeness (QED) is 0.622. The predicted octanol–water partition coefficient (Wildman–Crippen LogP) is 1.82. The zero-order valence-corrected chi connectivity index (χ0v) is 10.1. The lowest BCUT2D eigenvalue weighted by molar-refractivity contribution is -0.118. The number of carbonyl (C=O) groups excluding carboxylic acids is 2. The molecule has 17 heavy (non-hydrogen) atoms. The Hall–Kier alpha value is -1.97. The first kappa shape index (κ1) is 13.1. The van der Waals surface area contributed by atoms with E-state index in [2.05, 4.69) is 10.3 Å². The first-order valence-electron chi connectivity index (χ1n) is 5.47. The van der Waals surface area contributed by atoms with Gasteiger partial charge in [-0.3, -0.25) is 14.6 Å². The summed E-state index contributed by atoms with van der Waals surface area (Å²) in [6.07, 6.45) is 6.13. The number of hydrogen-bond acceptors (Lipinski definition) is 3. The van der Waals surface area contributed by atoms with Crippen molar-refractivity contribution in [1.29, 1.82) is 0 Å². The Morgan fingerprint density at radius 2 is 2.12 bits per heavy atom. The van der Waals surface area contributed by atoms with Crippen molar-refractivity contribution in [3.8, 4) is 0 Å². The third-order valence-corrected chi connectivity index (χ3v) is 2.17. The van der Waals surface area contributed by atoms with Crippen molar-refractivity contribution in [1.82, 2.24) is 10.3 Å². The Bertz CT molecular complexity index is 422. The number of Topliss-reactive ketones (excluding diaryl/α,β-unsaturated/α-hetero) is 1. The van der Waals surface area contributed by atoms with Crippen molar-refractivity contribution in [2.45, 2.75) is 20.3 Å². The third kappa shape index (κ3) is 5.06. The monoisotopic (exact) mass is 232 g/mol. The normalized spacial score (nSPS) is 10.5. The second-order valence-electron chi connectivity index (χ2n) is 3.70. The molecule has 1 rings (SSSR count). The first-order valence-corrected chi connectivity index (χ1v) is 5.47. The van der Waals surface area contributed by atoms with E-state index < -0.39 is 0 Å². The molecule has 0 saturated carbocycles. The fourth-order valence-electron chi connectivity index (χ4n) is 1.25. The highest BCUT2D eigenvalue weighted by molar-refractivity contribution is 5.93. The van der Waals surface area contributed by atoms with Gasteiger partial charge in [0.25, 0.3) is 0 Å². The maximum atomic E-state index is 11.0. The molecule has 0 bridgehead atoms. The van der Waals surface area contributed by atoms with Gasteiger partial charge in [0.2, 0.25) is 5.91 Å². The van der Waals surface area contributed by atoms with Crippen LogP contribution in [-0.4, -0.2) is 23.2 Å². The van der Waals surface area contributed by atoms with E-state index in [1.807, 2.05) is 12.2 Å². The number of amides is 1. The molecular weight excluding hydrogens is 216 g/mol. The van der Waals surface area contributed by atoms with Gasteiger partial charge < -0.3 is 5.32 Å². The summed E-state index contributed by atoms with van der Waals surface area (Å²) in [7, 11) is 0. The Morgan fingerprint density at radius 3 is 2.65 bits per heavy atom. The predicted molar refractivity (Wildman–Crippen MR) is 66.6 cm³/mol. The minimum atomic E-state index is -0.0256. The van der Waals surface area contributed by atoms with Crippen LogP contribution in [-0.2, 0) is 4.79 Å². The summed E-state index contributed by atoms with van der Waals surface area (Å²) in [6.45, 7) is 3.63. The molecule has 0 atom stereocenters. The van der Waals surface area contributed by atoms with Crippen LogP contribution in [0.25, 0.3) is 6.08 Å². The first-order chi connectivity index (χ1) is 8.09. The Labute approximate surface area is 101 Å². The Morgan fingerprint density at radius 1 is 1.35 bits per heavy atom. The van der Waals surface area contributed by atoms with E-state index in [1.54, 1.807) is 18.3 Å². The summed E-state index contributed by atoms with van der Waals surface area (Å²) in [5.41, 5.74) is 1.42. The zero-order valence-electron chi connectivity index (χ0n) is 10.1. The maximum Gasteiger partial charge on any atom is 0.216 e. The number of hydrogen-bond donors (Lipinski definition) is 1. The van der Waals surface area contributed by atoms with Crippen LogP contribution in [0.1, 0.15) is 36.3 Å². The van der Waals surface area contributed by atoms with Crippen LogP contribution in [0.15, 0.2) is 24.4 Å². The number of nitrogens with zero attached hydrogens (tertiary/aromatic N) is 1. The fraction of sp³-hybridized carbons (Fsp3) is 0.308. The highest BCUT2D eigenvalue weighted by Crippen LogP contribution is 2.03. The number of rotatable bonds is 5. The van der Waals surface area contributed by atoms with Crippen molar-refractivity contribution in [2.24, 2.45) is 0 Å². The largest absolute Gasteiger partial charge is 0.356 e. The molecule has 90 valence electrons. The second-order valence-corrected chi connectivity index (χ2v) is 3.70. The lowest BCUT2D eigenvalue weighted by atomic mass is 10.2. The van der Waals surface area contributed by atoms with Crippen molar-refractivity contribution in [3.63, 3.8) is 0 Å². The third-order valence-electron chi connectivity index (χ3n) is 2.17. The van der Waals surface area contributed by atoms with E-state index in [0.29, 0.717) is 12.1 Å². The van der Waals surface area contributed by atoms with Crippen LogP contribution >= 0.6 is 0 Å². The molecule has 0 aliphatic heterocycles. The van der Waals surface area contributed by atoms with Crippen molar-refractivity contribution < 1.29 is 9.59 Å². The Kier molecular flexibility index (Phi) is 5.07. The molecule has 1 amide bonds. The van der Waals surface area contributed by atoms with Gasteiger partial charge in [-0.15, -0.1) is 0 Å². The summed E-state index contributed by atoms with van der Waals surface area (Å²) < 4.78 is 0. The average Bonchev–Trinajstić information content (AvgIpc) is 2.29. The molecule has 1 aromatic rings. The van der Waals surface area contributed by atoms with Crippen molar-refractivity contribution >= 4 is 17.8 Å². The van der Waals surface area contributed by atoms with Crippen LogP contribution in [0.2, 0.25) is 0 Å². The van der Waals surface area contributed by atoms with Crippen molar-refractivity contribution in [3.05, 3.63) is 35.7 Å². The minimum Gasteiger partial charge on any atom is -0.356 e. The van der Waals surface area contributed by atoms with Gasteiger partial charge in [-0.2, -0.15) is 0 Å². The molecule has 1 aromatic heterocycles. The average molecular weight is 232 g/mol. The number of aromatic nitrogens is 1. The van der Waals surface area contributed by atoms with E-state index in [0.717, 1.165) is 12.1 Å². The molecule has 0 saturated heterocycles. The second kappa shape index (κ2) is 6.58. The van der Waals surface area contributed by atoms with Gasteiger partial charge in [0, 0.05) is 25.2 Å². The highest BCUT2D eigenvalue weighted by atomic mass is 16.1. The van der Waals surface area contributed by atoms with Crippen LogP contribution in [0.4, 0.5) is 0 Å². The molecule has 0 aromatic carbocycles. The lowest BCUT2D eigenvalue weighted by Crippen LogP contribution is -2.20. The summed E-state index contributed by atoms with van der Waals surface area (Å²) in [4.78, 5) is 25.8. The molecule has 0 radical (unpaired) electrons. The van der Waals surface area contributed by atoms with Gasteiger partial charge in [0.1, 0.15) is 0 Å². The fourth-order valence-corrected chi connectivity index (χ4v) is 1.25. The summed E-state index contributed by atoms with van der Waals surface area (Å²) in [6, 6.07) is 3.55. The molecule has 0 aliphatic carbocycles. The van der Waals surface area contributed by atoms with Crippen LogP contribution < -0.4 is 5.32 Å². The van der Waals surface area contributed by atoms with E-state index in [4.69, 9.17) is 0 Å². The van der Waals surface area contributed by atoms with Crippen LogP contribution in [0.3, 0.4) is 0 Å². The topological polar surface area (TPSA) is 59.1 Å². The molecule has 1 heterocycles. The molecule has 4 heteroatoms. The lowest BCUT2D eigenvalue weighted by Gasteiger charge is -1.97. The Balaban J connectivity index is 2.43. The number of pyridine rings is 1. The van der Waals surface area contributed by atoms with Gasteiger partial charge in [-0.1, -0.05) is 6.08 Å². The molecule has 0 spiro atoms. The molecule has 0 aliphatic rings. The molecule has 0 unspecified atom stereocenters. The molecular formula is C13H16N2O2. The van der Waals surface area contributed by atoms with E-state index in [-0.39, 0.29) is 11.7 Å².